The van der Waals surface area contributed by atoms with Gasteiger partial charge in [0.15, 0.2) is 0 Å². The minimum Gasteiger partial charge on any atom is -0.336 e. The Kier molecular flexibility index (Phi) is 8.14. The number of unbranched alkanes of at least 4 members (excludes halogenated alkanes) is 1. The van der Waals surface area contributed by atoms with E-state index in [-0.39, 0.29) is 24.3 Å². The van der Waals surface area contributed by atoms with Gasteiger partial charge in [-0.3, -0.25) is 9.59 Å². The molecule has 0 spiro atoms. The topological polar surface area (TPSA) is 49.4 Å². The fourth-order valence-electron chi connectivity index (χ4n) is 3.94. The zero-order valence-corrected chi connectivity index (χ0v) is 16.6. The summed E-state index contributed by atoms with van der Waals surface area (Å²) in [6.45, 7) is 4.41. The van der Waals surface area contributed by atoms with Gasteiger partial charge in [-0.15, -0.1) is 0 Å². The van der Waals surface area contributed by atoms with E-state index in [1.807, 2.05) is 24.3 Å². The number of anilines is 1. The summed E-state index contributed by atoms with van der Waals surface area (Å²) in [5.74, 6) is 0.878. The van der Waals surface area contributed by atoms with Crippen molar-refractivity contribution in [1.82, 2.24) is 4.90 Å². The lowest BCUT2D eigenvalue weighted by Crippen LogP contribution is -2.39. The summed E-state index contributed by atoms with van der Waals surface area (Å²) in [4.78, 5) is 26.6. The predicted molar refractivity (Wildman–Crippen MR) is 107 cm³/mol. The lowest BCUT2D eigenvalue weighted by Gasteiger charge is -2.30. The highest BCUT2D eigenvalue weighted by molar-refractivity contribution is 5.95. The monoisotopic (exact) mass is 358 g/mol. The van der Waals surface area contributed by atoms with Crippen LogP contribution in [0, 0.1) is 11.8 Å². The number of carbonyl (C=O) groups excluding carboxylic acids is 2. The molecule has 2 rings (SSSR count). The average Bonchev–Trinajstić information content (AvgIpc) is 2.66. The van der Waals surface area contributed by atoms with Crippen molar-refractivity contribution in [2.75, 3.05) is 18.9 Å². The summed E-state index contributed by atoms with van der Waals surface area (Å²) in [5, 5.41) is 2.95. The third-order valence-electron chi connectivity index (χ3n) is 5.59. The average molecular weight is 359 g/mol. The van der Waals surface area contributed by atoms with Crippen LogP contribution in [0.4, 0.5) is 5.69 Å². The molecule has 0 bridgehead atoms. The molecule has 1 saturated carbocycles. The molecule has 0 unspecified atom stereocenters. The summed E-state index contributed by atoms with van der Waals surface area (Å²) >= 11 is 0. The van der Waals surface area contributed by atoms with Gasteiger partial charge < -0.3 is 10.2 Å². The lowest BCUT2D eigenvalue weighted by molar-refractivity contribution is -0.138. The van der Waals surface area contributed by atoms with Gasteiger partial charge in [0.2, 0.25) is 11.8 Å². The van der Waals surface area contributed by atoms with Crippen molar-refractivity contribution in [2.24, 2.45) is 11.8 Å². The minimum absolute atomic E-state index is 0.0913. The third kappa shape index (κ3) is 5.86. The minimum atomic E-state index is -0.126. The fourth-order valence-corrected chi connectivity index (χ4v) is 3.94. The molecule has 1 aliphatic rings. The molecule has 4 nitrogen and oxygen atoms in total. The number of para-hydroxylation sites is 1. The molecule has 2 amide bonds. The molecule has 1 aromatic carbocycles. The number of carbonyl (C=O) groups is 2. The molecule has 0 aromatic heterocycles. The van der Waals surface area contributed by atoms with Gasteiger partial charge >= 0.3 is 0 Å². The normalized spacial score (nSPS) is 19.8. The van der Waals surface area contributed by atoms with Crippen LogP contribution in [-0.4, -0.2) is 30.3 Å². The Morgan fingerprint density at radius 1 is 1.12 bits per heavy atom. The van der Waals surface area contributed by atoms with Crippen molar-refractivity contribution < 1.29 is 9.59 Å². The number of aryl methyl sites for hydroxylation is 1. The Balaban J connectivity index is 1.80. The molecule has 1 aliphatic carbocycles. The summed E-state index contributed by atoms with van der Waals surface area (Å²) in [5.41, 5.74) is 1.96. The van der Waals surface area contributed by atoms with E-state index in [1.54, 1.807) is 11.9 Å². The van der Waals surface area contributed by atoms with Gasteiger partial charge in [-0.05, 0) is 49.7 Å². The molecule has 1 N–H and O–H groups in total. The SMILES string of the molecule is CCCCC1CCC(C(=O)N(C)CC(=O)Nc2ccccc2CC)CC1. The Bertz CT molecular complexity index is 592. The zero-order valence-electron chi connectivity index (χ0n) is 16.6. The van der Waals surface area contributed by atoms with Crippen LogP contribution in [0.15, 0.2) is 24.3 Å². The second-order valence-electron chi connectivity index (χ2n) is 7.61. The Hall–Kier alpha value is -1.84. The third-order valence-corrected chi connectivity index (χ3v) is 5.59. The van der Waals surface area contributed by atoms with Gasteiger partial charge in [0.05, 0.1) is 6.54 Å². The molecule has 26 heavy (non-hydrogen) atoms. The van der Waals surface area contributed by atoms with Crippen LogP contribution in [0.5, 0.6) is 0 Å². The standard InChI is InChI=1S/C22H34N2O2/c1-4-6-9-17-12-14-19(15-13-17)22(26)24(3)16-21(25)23-20-11-8-7-10-18(20)5-2/h7-8,10-11,17,19H,4-6,9,12-16H2,1-3H3,(H,23,25). The van der Waals surface area contributed by atoms with E-state index >= 15 is 0 Å². The number of likely N-dealkylation sites (N-methyl/N-ethyl adjacent to an activating group) is 1. The first kappa shape index (κ1) is 20.5. The highest BCUT2D eigenvalue weighted by Gasteiger charge is 2.28. The largest absolute Gasteiger partial charge is 0.336 e. The van der Waals surface area contributed by atoms with Crippen LogP contribution in [0.3, 0.4) is 0 Å². The van der Waals surface area contributed by atoms with Gasteiger partial charge in [0.25, 0.3) is 0 Å². The van der Waals surface area contributed by atoms with Crippen molar-refractivity contribution in [3.63, 3.8) is 0 Å². The van der Waals surface area contributed by atoms with Gasteiger partial charge in [-0.1, -0.05) is 51.3 Å². The molecule has 0 saturated heterocycles. The zero-order chi connectivity index (χ0) is 18.9. The molecular weight excluding hydrogens is 324 g/mol. The van der Waals surface area contributed by atoms with Gasteiger partial charge in [-0.25, -0.2) is 0 Å². The molecule has 1 fully saturated rings. The highest BCUT2D eigenvalue weighted by atomic mass is 16.2. The Morgan fingerprint density at radius 3 is 2.46 bits per heavy atom. The van der Waals surface area contributed by atoms with E-state index < -0.39 is 0 Å². The molecule has 0 aliphatic heterocycles. The first-order valence-corrected chi connectivity index (χ1v) is 10.2. The molecule has 0 atom stereocenters. The summed E-state index contributed by atoms with van der Waals surface area (Å²) in [6.07, 6.45) is 8.95. The van der Waals surface area contributed by atoms with Crippen LogP contribution in [0.2, 0.25) is 0 Å². The van der Waals surface area contributed by atoms with Crippen molar-refractivity contribution in [1.29, 1.82) is 0 Å². The predicted octanol–water partition coefficient (Wildman–Crippen LogP) is 4.64. The number of benzene rings is 1. The smallest absolute Gasteiger partial charge is 0.243 e. The van der Waals surface area contributed by atoms with E-state index in [0.717, 1.165) is 49.3 Å². The van der Waals surface area contributed by atoms with Crippen LogP contribution in [0.25, 0.3) is 0 Å². The number of nitrogens with zero attached hydrogens (tertiary/aromatic N) is 1. The maximum atomic E-state index is 12.7. The summed E-state index contributed by atoms with van der Waals surface area (Å²) in [6, 6.07) is 7.82. The maximum Gasteiger partial charge on any atom is 0.243 e. The first-order valence-electron chi connectivity index (χ1n) is 10.2. The number of hydrogen-bond acceptors (Lipinski definition) is 2. The van der Waals surface area contributed by atoms with Crippen LogP contribution in [-0.2, 0) is 16.0 Å². The van der Waals surface area contributed by atoms with E-state index in [1.165, 1.54) is 19.3 Å². The van der Waals surface area contributed by atoms with Crippen LogP contribution in [0.1, 0.15) is 64.4 Å². The second kappa shape index (κ2) is 10.3. The summed E-state index contributed by atoms with van der Waals surface area (Å²) in [7, 11) is 1.75. The second-order valence-corrected chi connectivity index (χ2v) is 7.61. The quantitative estimate of drug-likeness (QED) is 0.736. The van der Waals surface area contributed by atoms with Crippen molar-refractivity contribution in [3.05, 3.63) is 29.8 Å². The van der Waals surface area contributed by atoms with E-state index in [4.69, 9.17) is 0 Å². The fraction of sp³-hybridized carbons (Fsp3) is 0.636. The van der Waals surface area contributed by atoms with Crippen LogP contribution < -0.4 is 5.32 Å². The Labute approximate surface area is 158 Å². The molecule has 0 heterocycles. The number of hydrogen-bond donors (Lipinski definition) is 1. The van der Waals surface area contributed by atoms with Crippen LogP contribution >= 0.6 is 0 Å². The van der Waals surface area contributed by atoms with Crippen molar-refractivity contribution in [2.45, 2.75) is 65.2 Å². The molecule has 4 heteroatoms. The number of amides is 2. The summed E-state index contributed by atoms with van der Waals surface area (Å²) < 4.78 is 0. The van der Waals surface area contributed by atoms with Crippen molar-refractivity contribution in [3.8, 4) is 0 Å². The van der Waals surface area contributed by atoms with Gasteiger partial charge in [0, 0.05) is 18.7 Å². The van der Waals surface area contributed by atoms with Gasteiger partial charge in [0.1, 0.15) is 0 Å². The first-order chi connectivity index (χ1) is 12.5. The van der Waals surface area contributed by atoms with E-state index in [2.05, 4.69) is 19.2 Å². The Morgan fingerprint density at radius 2 is 1.81 bits per heavy atom. The molecule has 1 aromatic rings. The highest BCUT2D eigenvalue weighted by Crippen LogP contribution is 2.32. The van der Waals surface area contributed by atoms with E-state index in [0.29, 0.717) is 0 Å². The number of rotatable bonds is 8. The van der Waals surface area contributed by atoms with Crippen molar-refractivity contribution >= 4 is 17.5 Å². The lowest BCUT2D eigenvalue weighted by atomic mass is 9.79. The van der Waals surface area contributed by atoms with E-state index in [9.17, 15) is 9.59 Å². The molecule has 144 valence electrons. The van der Waals surface area contributed by atoms with Gasteiger partial charge in [-0.2, -0.15) is 0 Å². The number of nitrogens with one attached hydrogen (secondary N) is 1. The molecule has 0 radical (unpaired) electrons. The maximum absolute atomic E-state index is 12.7. The molecular formula is C22H34N2O2.